The summed E-state index contributed by atoms with van der Waals surface area (Å²) < 4.78 is 4.78. The van der Waals surface area contributed by atoms with Crippen molar-refractivity contribution < 1.29 is 29.0 Å². The number of ketones is 1. The molecule has 2 aliphatic carbocycles. The van der Waals surface area contributed by atoms with Gasteiger partial charge in [0.25, 0.3) is 5.91 Å². The molecule has 1 N–H and O–H groups in total. The van der Waals surface area contributed by atoms with Gasteiger partial charge in [-0.05, 0) is 30.5 Å². The normalized spacial score (nSPS) is 25.0. The highest BCUT2D eigenvalue weighted by molar-refractivity contribution is 6.34. The number of esters is 1. The van der Waals surface area contributed by atoms with Crippen LogP contribution in [0.4, 0.5) is 5.69 Å². The smallest absolute Gasteiger partial charge is 0.346 e. The number of carbonyl (C=O) groups excluding carboxylic acids is 4. The van der Waals surface area contributed by atoms with E-state index >= 15 is 0 Å². The molecule has 8 heteroatoms. The van der Waals surface area contributed by atoms with E-state index in [1.54, 1.807) is 42.3 Å². The Kier molecular flexibility index (Phi) is 4.95. The average molecular weight is 460 g/mol. The number of amides is 2. The van der Waals surface area contributed by atoms with E-state index in [-0.39, 0.29) is 5.57 Å². The van der Waals surface area contributed by atoms with Crippen molar-refractivity contribution in [1.29, 1.82) is 0 Å². The number of methoxy groups -OCH3 is 1. The van der Waals surface area contributed by atoms with Gasteiger partial charge in [0.05, 0.1) is 23.8 Å². The number of fused-ring (bicyclic) bond motifs is 1. The van der Waals surface area contributed by atoms with Crippen molar-refractivity contribution in [2.24, 2.45) is 11.3 Å². The Labute approximate surface area is 196 Å². The fourth-order valence-corrected chi connectivity index (χ4v) is 5.37. The zero-order valence-corrected chi connectivity index (χ0v) is 18.9. The van der Waals surface area contributed by atoms with Crippen LogP contribution in [0.15, 0.2) is 71.9 Å². The highest BCUT2D eigenvalue weighted by Crippen LogP contribution is 2.62. The van der Waals surface area contributed by atoms with Crippen molar-refractivity contribution in [3.8, 4) is 0 Å². The van der Waals surface area contributed by atoms with Crippen LogP contribution >= 0.6 is 0 Å². The zero-order valence-electron chi connectivity index (χ0n) is 18.9. The van der Waals surface area contributed by atoms with Crippen molar-refractivity contribution in [3.05, 3.63) is 77.5 Å². The number of benzene rings is 2. The third kappa shape index (κ3) is 2.88. The van der Waals surface area contributed by atoms with E-state index in [0.29, 0.717) is 30.8 Å². The Balaban J connectivity index is 1.73. The lowest BCUT2D eigenvalue weighted by Crippen LogP contribution is -2.62. The molecule has 2 atom stereocenters. The molecule has 0 aromatic heterocycles. The quantitative estimate of drug-likeness (QED) is 0.412. The molecule has 5 rings (SSSR count). The third-order valence-electron chi connectivity index (χ3n) is 7.00. The lowest BCUT2D eigenvalue weighted by molar-refractivity contribution is -0.178. The minimum absolute atomic E-state index is 0.0164. The SMILES string of the molecule is COC(=O)[C@]1(O)C(=O)C2(CC2)C(N(C)Cc2ccccc2)=C2C(=O)N(c3ccccc3)C(=O)C21. The molecule has 1 aliphatic heterocycles. The van der Waals surface area contributed by atoms with Gasteiger partial charge in [0.1, 0.15) is 5.92 Å². The molecule has 1 saturated carbocycles. The molecule has 1 unspecified atom stereocenters. The summed E-state index contributed by atoms with van der Waals surface area (Å²) >= 11 is 0. The number of anilines is 1. The van der Waals surface area contributed by atoms with Gasteiger partial charge in [0, 0.05) is 19.3 Å². The fraction of sp³-hybridized carbons (Fsp3) is 0.308. The lowest BCUT2D eigenvalue weighted by Gasteiger charge is -2.41. The summed E-state index contributed by atoms with van der Waals surface area (Å²) in [4.78, 5) is 56.7. The van der Waals surface area contributed by atoms with Crippen LogP contribution in [0.2, 0.25) is 0 Å². The van der Waals surface area contributed by atoms with Gasteiger partial charge in [-0.2, -0.15) is 0 Å². The number of para-hydroxylation sites is 1. The molecule has 2 aromatic rings. The van der Waals surface area contributed by atoms with Gasteiger partial charge in [-0.3, -0.25) is 14.4 Å². The number of hydrogen-bond donors (Lipinski definition) is 1. The summed E-state index contributed by atoms with van der Waals surface area (Å²) in [5.41, 5.74) is -2.36. The molecule has 2 fully saturated rings. The standard InChI is InChI=1S/C26H24N2O6/c1-27(15-16-9-5-3-6-10-16)20-18-19(22(30)28(21(18)29)17-11-7-4-8-12-17)26(33,24(32)34-2)23(31)25(20)13-14-25/h3-12,19,33H,13-15H2,1-2H3/t19?,26-/m1/s1. The van der Waals surface area contributed by atoms with E-state index in [9.17, 15) is 24.3 Å². The Bertz CT molecular complexity index is 1230. The molecule has 8 nitrogen and oxygen atoms in total. The van der Waals surface area contributed by atoms with Gasteiger partial charge in [-0.25, -0.2) is 9.69 Å². The first kappa shape index (κ1) is 22.0. The van der Waals surface area contributed by atoms with Gasteiger partial charge >= 0.3 is 5.97 Å². The number of allylic oxidation sites excluding steroid dienone is 1. The monoisotopic (exact) mass is 460 g/mol. The molecule has 1 saturated heterocycles. The predicted molar refractivity (Wildman–Crippen MR) is 121 cm³/mol. The van der Waals surface area contributed by atoms with Gasteiger partial charge in [-0.1, -0.05) is 48.5 Å². The fourth-order valence-electron chi connectivity index (χ4n) is 5.37. The van der Waals surface area contributed by atoms with Gasteiger partial charge in [0.15, 0.2) is 5.78 Å². The number of ether oxygens (including phenoxy) is 1. The minimum atomic E-state index is -2.77. The number of hydrogen-bond acceptors (Lipinski definition) is 7. The molecule has 34 heavy (non-hydrogen) atoms. The van der Waals surface area contributed by atoms with Crippen LogP contribution in [-0.4, -0.2) is 53.3 Å². The maximum Gasteiger partial charge on any atom is 0.346 e. The van der Waals surface area contributed by atoms with Crippen LogP contribution in [-0.2, 0) is 30.5 Å². The topological polar surface area (TPSA) is 104 Å². The number of nitrogens with zero attached hydrogens (tertiary/aromatic N) is 2. The van der Waals surface area contributed by atoms with E-state index in [1.165, 1.54) is 0 Å². The Hall–Kier alpha value is -3.78. The van der Waals surface area contributed by atoms with Crippen molar-refractivity contribution in [1.82, 2.24) is 4.90 Å². The number of aliphatic hydroxyl groups is 1. The van der Waals surface area contributed by atoms with Crippen molar-refractivity contribution in [2.45, 2.75) is 25.0 Å². The summed E-state index contributed by atoms with van der Waals surface area (Å²) in [6, 6.07) is 17.8. The number of carbonyl (C=O) groups is 4. The molecule has 0 bridgehead atoms. The van der Waals surface area contributed by atoms with Crippen LogP contribution in [0, 0.1) is 11.3 Å². The molecule has 174 valence electrons. The number of rotatable bonds is 5. The number of imide groups is 1. The van der Waals surface area contributed by atoms with E-state index < -0.39 is 40.5 Å². The second-order valence-electron chi connectivity index (χ2n) is 9.02. The summed E-state index contributed by atoms with van der Waals surface area (Å²) in [5.74, 6) is -5.16. The van der Waals surface area contributed by atoms with Gasteiger partial charge in [-0.15, -0.1) is 0 Å². The van der Waals surface area contributed by atoms with Crippen molar-refractivity contribution in [2.75, 3.05) is 19.1 Å². The third-order valence-corrected chi connectivity index (χ3v) is 7.00. The second kappa shape index (κ2) is 7.63. The van der Waals surface area contributed by atoms with Crippen LogP contribution in [0.25, 0.3) is 0 Å². The lowest BCUT2D eigenvalue weighted by atomic mass is 9.67. The molecule has 0 radical (unpaired) electrons. The largest absolute Gasteiger partial charge is 0.467 e. The van der Waals surface area contributed by atoms with Gasteiger partial charge < -0.3 is 14.7 Å². The maximum atomic E-state index is 13.8. The van der Waals surface area contributed by atoms with Crippen LogP contribution in [0.1, 0.15) is 18.4 Å². The number of Topliss-reactive ketones (excluding diaryl/α,β-unsaturated/α-hetero) is 1. The highest BCUT2D eigenvalue weighted by atomic mass is 16.5. The minimum Gasteiger partial charge on any atom is -0.467 e. The summed E-state index contributed by atoms with van der Waals surface area (Å²) in [7, 11) is 2.80. The van der Waals surface area contributed by atoms with Crippen LogP contribution in [0.5, 0.6) is 0 Å². The highest BCUT2D eigenvalue weighted by Gasteiger charge is 2.75. The Morgan fingerprint density at radius 3 is 2.21 bits per heavy atom. The first-order valence-corrected chi connectivity index (χ1v) is 11.1. The maximum absolute atomic E-state index is 13.8. The summed E-state index contributed by atoms with van der Waals surface area (Å²) in [5, 5.41) is 11.5. The summed E-state index contributed by atoms with van der Waals surface area (Å²) in [6.45, 7) is 0.380. The first-order chi connectivity index (χ1) is 16.3. The molecular weight excluding hydrogens is 436 g/mol. The first-order valence-electron chi connectivity index (χ1n) is 11.1. The molecule has 1 spiro atoms. The van der Waals surface area contributed by atoms with Crippen molar-refractivity contribution in [3.63, 3.8) is 0 Å². The predicted octanol–water partition coefficient (Wildman–Crippen LogP) is 1.83. The van der Waals surface area contributed by atoms with Gasteiger partial charge in [0.2, 0.25) is 11.5 Å². The Morgan fingerprint density at radius 2 is 1.65 bits per heavy atom. The average Bonchev–Trinajstić information content (AvgIpc) is 3.59. The van der Waals surface area contributed by atoms with E-state index in [4.69, 9.17) is 4.74 Å². The van der Waals surface area contributed by atoms with E-state index in [1.807, 2.05) is 30.3 Å². The molecule has 1 heterocycles. The Morgan fingerprint density at radius 1 is 1.06 bits per heavy atom. The van der Waals surface area contributed by atoms with Crippen LogP contribution < -0.4 is 4.90 Å². The molecule has 2 amide bonds. The van der Waals surface area contributed by atoms with Crippen molar-refractivity contribution >= 4 is 29.3 Å². The molecule has 2 aromatic carbocycles. The van der Waals surface area contributed by atoms with Crippen LogP contribution in [0.3, 0.4) is 0 Å². The zero-order chi connectivity index (χ0) is 24.3. The van der Waals surface area contributed by atoms with E-state index in [0.717, 1.165) is 17.6 Å². The molecule has 3 aliphatic rings. The second-order valence-corrected chi connectivity index (χ2v) is 9.02. The van der Waals surface area contributed by atoms with E-state index in [2.05, 4.69) is 0 Å². The molecular formula is C26H24N2O6. The summed E-state index contributed by atoms with van der Waals surface area (Å²) in [6.07, 6.45) is 0.727.